The molecule has 0 amide bonds. The van der Waals surface area contributed by atoms with E-state index in [2.05, 4.69) is 5.32 Å². The fourth-order valence-corrected chi connectivity index (χ4v) is 0.591. The average molecular weight is 138 g/mol. The van der Waals surface area contributed by atoms with Crippen LogP contribution in [0.15, 0.2) is 24.0 Å². The molecule has 53 valence electrons. The first kappa shape index (κ1) is 6.86. The van der Waals surface area contributed by atoms with E-state index >= 15 is 0 Å². The highest BCUT2D eigenvalue weighted by Gasteiger charge is 1.99. The van der Waals surface area contributed by atoms with Crippen LogP contribution in [0.2, 0.25) is 0 Å². The highest BCUT2D eigenvalue weighted by atomic mass is 16.5. The van der Waals surface area contributed by atoms with Crippen molar-refractivity contribution in [3.63, 3.8) is 0 Å². The van der Waals surface area contributed by atoms with Crippen molar-refractivity contribution in [3.8, 4) is 0 Å². The zero-order valence-corrected chi connectivity index (χ0v) is 5.70. The van der Waals surface area contributed by atoms with Crippen LogP contribution >= 0.6 is 0 Å². The van der Waals surface area contributed by atoms with E-state index < -0.39 is 0 Å². The minimum atomic E-state index is -0.263. The first-order valence-electron chi connectivity index (χ1n) is 2.98. The molecule has 1 aliphatic rings. The van der Waals surface area contributed by atoms with Gasteiger partial charge in [-0.2, -0.15) is 0 Å². The first-order valence-corrected chi connectivity index (χ1v) is 2.98. The van der Waals surface area contributed by atoms with Gasteiger partial charge in [-0.25, -0.2) is 0 Å². The average Bonchev–Trinajstić information content (AvgIpc) is 2.34. The number of esters is 1. The van der Waals surface area contributed by atoms with Gasteiger partial charge >= 0.3 is 5.97 Å². The molecule has 0 aromatic carbocycles. The van der Waals surface area contributed by atoms with Gasteiger partial charge in [0.15, 0.2) is 0 Å². The van der Waals surface area contributed by atoms with Crippen LogP contribution in [-0.2, 0) is 9.53 Å². The molecule has 0 saturated heterocycles. The lowest BCUT2D eigenvalue weighted by atomic mass is 10.3. The summed E-state index contributed by atoms with van der Waals surface area (Å²) < 4.78 is 4.71. The molecule has 0 saturated carbocycles. The number of carbonyl (C=O) groups is 1. The van der Waals surface area contributed by atoms with E-state index in [9.17, 15) is 4.79 Å². The van der Waals surface area contributed by atoms with Gasteiger partial charge in [-0.3, -0.25) is 10.1 Å². The van der Waals surface area contributed by atoms with E-state index in [1.54, 1.807) is 12.4 Å². The zero-order valence-electron chi connectivity index (χ0n) is 5.70. The standard InChI is InChI=1S/C7H8NO2/c1-6(9)10-5-7-2-3-8-4-7/h2-4H,5H2,1H3. The molecule has 0 aromatic heterocycles. The second-order valence-electron chi connectivity index (χ2n) is 1.95. The maximum atomic E-state index is 10.3. The van der Waals surface area contributed by atoms with E-state index in [1.807, 2.05) is 6.08 Å². The third kappa shape index (κ3) is 1.93. The van der Waals surface area contributed by atoms with Crippen molar-refractivity contribution >= 4 is 5.97 Å². The van der Waals surface area contributed by atoms with Gasteiger partial charge in [-0.05, 0) is 6.08 Å². The number of nitrogens with zero attached hydrogens (tertiary/aromatic N) is 1. The Morgan fingerprint density at radius 1 is 1.80 bits per heavy atom. The minimum absolute atomic E-state index is 0.263. The van der Waals surface area contributed by atoms with Crippen molar-refractivity contribution in [2.24, 2.45) is 0 Å². The predicted molar refractivity (Wildman–Crippen MR) is 36.0 cm³/mol. The molecule has 0 atom stereocenters. The maximum absolute atomic E-state index is 10.3. The molecule has 1 heterocycles. The third-order valence-electron chi connectivity index (χ3n) is 1.06. The summed E-state index contributed by atoms with van der Waals surface area (Å²) >= 11 is 0. The van der Waals surface area contributed by atoms with Gasteiger partial charge < -0.3 is 4.74 Å². The molecule has 0 unspecified atom stereocenters. The Morgan fingerprint density at radius 3 is 3.10 bits per heavy atom. The van der Waals surface area contributed by atoms with Gasteiger partial charge in [0, 0.05) is 24.9 Å². The summed E-state index contributed by atoms with van der Waals surface area (Å²) in [7, 11) is 0. The Kier molecular flexibility index (Phi) is 2.10. The summed E-state index contributed by atoms with van der Waals surface area (Å²) in [5.41, 5.74) is 0.926. The molecule has 0 spiro atoms. The van der Waals surface area contributed by atoms with Crippen LogP contribution in [0.1, 0.15) is 6.92 Å². The monoisotopic (exact) mass is 138 g/mol. The van der Waals surface area contributed by atoms with Crippen LogP contribution in [0.3, 0.4) is 0 Å². The lowest BCUT2D eigenvalue weighted by Crippen LogP contribution is -2.01. The maximum Gasteiger partial charge on any atom is 0.302 e. The van der Waals surface area contributed by atoms with E-state index in [4.69, 9.17) is 4.74 Å². The van der Waals surface area contributed by atoms with E-state index in [0.717, 1.165) is 5.57 Å². The first-order chi connectivity index (χ1) is 4.79. The molecule has 0 N–H and O–H groups in total. The van der Waals surface area contributed by atoms with Gasteiger partial charge in [0.2, 0.25) is 0 Å². The SMILES string of the molecule is CC(=O)OCC1=C[N]C=C1. The van der Waals surface area contributed by atoms with Crippen molar-refractivity contribution < 1.29 is 9.53 Å². The molecular weight excluding hydrogens is 130 g/mol. The molecular formula is C7H8NO2. The fourth-order valence-electron chi connectivity index (χ4n) is 0.591. The molecule has 3 heteroatoms. The van der Waals surface area contributed by atoms with Gasteiger partial charge in [-0.1, -0.05) is 0 Å². The van der Waals surface area contributed by atoms with Gasteiger partial charge in [0.1, 0.15) is 6.61 Å². The van der Waals surface area contributed by atoms with E-state index in [-0.39, 0.29) is 5.97 Å². The quantitative estimate of drug-likeness (QED) is 0.523. The summed E-state index contributed by atoms with van der Waals surface area (Å²) in [5, 5.41) is 3.81. The van der Waals surface area contributed by atoms with Crippen LogP contribution < -0.4 is 5.32 Å². The predicted octanol–water partition coefficient (Wildman–Crippen LogP) is 0.565. The van der Waals surface area contributed by atoms with E-state index in [0.29, 0.717) is 6.61 Å². The summed E-state index contributed by atoms with van der Waals surface area (Å²) in [6.07, 6.45) is 5.14. The highest BCUT2D eigenvalue weighted by molar-refractivity contribution is 5.66. The Labute approximate surface area is 59.4 Å². The molecule has 3 nitrogen and oxygen atoms in total. The van der Waals surface area contributed by atoms with Gasteiger partial charge in [0.25, 0.3) is 0 Å². The summed E-state index contributed by atoms with van der Waals surface area (Å²) in [4.78, 5) is 10.3. The van der Waals surface area contributed by atoms with Gasteiger partial charge in [-0.15, -0.1) is 0 Å². The molecule has 0 aromatic rings. The lowest BCUT2D eigenvalue weighted by molar-refractivity contribution is -0.139. The van der Waals surface area contributed by atoms with Crippen molar-refractivity contribution in [2.75, 3.05) is 6.61 Å². The number of carbonyl (C=O) groups excluding carboxylic acids is 1. The second kappa shape index (κ2) is 3.06. The molecule has 1 aliphatic heterocycles. The Bertz CT molecular complexity index is 194. The molecule has 0 aliphatic carbocycles. The van der Waals surface area contributed by atoms with Crippen LogP contribution in [-0.4, -0.2) is 12.6 Å². The molecule has 1 rings (SSSR count). The number of rotatable bonds is 2. The molecule has 1 radical (unpaired) electrons. The van der Waals surface area contributed by atoms with Crippen molar-refractivity contribution in [3.05, 3.63) is 24.0 Å². The normalized spacial score (nSPS) is 14.3. The third-order valence-corrected chi connectivity index (χ3v) is 1.06. The Balaban J connectivity index is 2.26. The van der Waals surface area contributed by atoms with Crippen LogP contribution in [0.25, 0.3) is 0 Å². The topological polar surface area (TPSA) is 40.4 Å². The lowest BCUT2D eigenvalue weighted by Gasteiger charge is -1.97. The summed E-state index contributed by atoms with van der Waals surface area (Å²) in [6, 6.07) is 0. The van der Waals surface area contributed by atoms with Gasteiger partial charge in [0.05, 0.1) is 0 Å². The van der Waals surface area contributed by atoms with Crippen molar-refractivity contribution in [1.82, 2.24) is 5.32 Å². The largest absolute Gasteiger partial charge is 0.461 e. The highest BCUT2D eigenvalue weighted by Crippen LogP contribution is 2.01. The second-order valence-corrected chi connectivity index (χ2v) is 1.95. The summed E-state index contributed by atoms with van der Waals surface area (Å²) in [6.45, 7) is 1.71. The number of hydrogen-bond donors (Lipinski definition) is 0. The summed E-state index contributed by atoms with van der Waals surface area (Å²) in [5.74, 6) is -0.263. The van der Waals surface area contributed by atoms with E-state index in [1.165, 1.54) is 6.92 Å². The number of hydrogen-bond acceptors (Lipinski definition) is 2. The smallest absolute Gasteiger partial charge is 0.302 e. The Hall–Kier alpha value is -1.25. The van der Waals surface area contributed by atoms with Crippen molar-refractivity contribution in [2.45, 2.75) is 6.92 Å². The molecule has 0 bridgehead atoms. The molecule has 10 heavy (non-hydrogen) atoms. The van der Waals surface area contributed by atoms with Crippen LogP contribution in [0.4, 0.5) is 0 Å². The van der Waals surface area contributed by atoms with Crippen LogP contribution in [0, 0.1) is 0 Å². The fraction of sp³-hybridized carbons (Fsp3) is 0.286. The number of ether oxygens (including phenoxy) is 1. The van der Waals surface area contributed by atoms with Crippen LogP contribution in [0.5, 0.6) is 0 Å². The molecule has 0 fully saturated rings. The van der Waals surface area contributed by atoms with Crippen molar-refractivity contribution in [1.29, 1.82) is 0 Å². The zero-order chi connectivity index (χ0) is 7.40. The minimum Gasteiger partial charge on any atom is -0.461 e. The Morgan fingerprint density at radius 2 is 2.60 bits per heavy atom.